The van der Waals surface area contributed by atoms with Gasteiger partial charge in [0.25, 0.3) is 11.8 Å². The Kier molecular flexibility index (Phi) is 6.51. The maximum Gasteiger partial charge on any atom is 0.259 e. The standard InChI is InChI=1S/C17H16BrN3O3/c1-24-15-8-3-2-7-14(15)17(23)19-11-16(22)21-20-10-12-5-4-6-13(18)9-12/h2-10H,11H2,1H3,(H,19,23)(H,21,22)/b20-10-. The number of nitrogens with zero attached hydrogens (tertiary/aromatic N) is 1. The number of nitrogens with one attached hydrogen (secondary N) is 2. The molecular weight excluding hydrogens is 374 g/mol. The SMILES string of the molecule is COc1ccccc1C(=O)NCC(=O)N/N=C\c1cccc(Br)c1. The number of para-hydroxylation sites is 1. The van der Waals surface area contributed by atoms with Crippen LogP contribution in [-0.4, -0.2) is 31.7 Å². The Bertz CT molecular complexity index is 762. The summed E-state index contributed by atoms with van der Waals surface area (Å²) in [7, 11) is 1.48. The van der Waals surface area contributed by atoms with Crippen LogP contribution in [-0.2, 0) is 4.79 Å². The van der Waals surface area contributed by atoms with Crippen LogP contribution >= 0.6 is 15.9 Å². The molecule has 0 aromatic heterocycles. The van der Waals surface area contributed by atoms with Gasteiger partial charge >= 0.3 is 0 Å². The lowest BCUT2D eigenvalue weighted by atomic mass is 10.2. The summed E-state index contributed by atoms with van der Waals surface area (Å²) in [5, 5.41) is 6.36. The molecule has 24 heavy (non-hydrogen) atoms. The quantitative estimate of drug-likeness (QED) is 0.587. The highest BCUT2D eigenvalue weighted by molar-refractivity contribution is 9.10. The van der Waals surface area contributed by atoms with Gasteiger partial charge in [-0.3, -0.25) is 9.59 Å². The van der Waals surface area contributed by atoms with E-state index in [2.05, 4.69) is 31.8 Å². The summed E-state index contributed by atoms with van der Waals surface area (Å²) in [5.74, 6) is -0.369. The van der Waals surface area contributed by atoms with Gasteiger partial charge in [-0.05, 0) is 29.8 Å². The molecule has 2 N–H and O–H groups in total. The van der Waals surface area contributed by atoms with E-state index in [9.17, 15) is 9.59 Å². The summed E-state index contributed by atoms with van der Waals surface area (Å²) < 4.78 is 6.03. The molecule has 0 heterocycles. The summed E-state index contributed by atoms with van der Waals surface area (Å²) in [6, 6.07) is 14.3. The Balaban J connectivity index is 1.83. The summed E-state index contributed by atoms with van der Waals surface area (Å²) in [6.45, 7) is -0.188. The molecule has 0 bridgehead atoms. The molecule has 0 saturated carbocycles. The zero-order valence-corrected chi connectivity index (χ0v) is 14.5. The van der Waals surface area contributed by atoms with Crippen molar-refractivity contribution in [3.05, 3.63) is 64.1 Å². The molecule has 6 nitrogen and oxygen atoms in total. The predicted molar refractivity (Wildman–Crippen MR) is 95.2 cm³/mol. The van der Waals surface area contributed by atoms with Gasteiger partial charge in [0, 0.05) is 4.47 Å². The van der Waals surface area contributed by atoms with E-state index in [1.54, 1.807) is 24.3 Å². The van der Waals surface area contributed by atoms with Crippen LogP contribution in [0.2, 0.25) is 0 Å². The molecule has 0 unspecified atom stereocenters. The minimum atomic E-state index is -0.426. The Morgan fingerprint density at radius 3 is 2.75 bits per heavy atom. The van der Waals surface area contributed by atoms with E-state index in [0.29, 0.717) is 11.3 Å². The average molecular weight is 390 g/mol. The third kappa shape index (κ3) is 5.20. The first-order valence-corrected chi connectivity index (χ1v) is 7.88. The monoisotopic (exact) mass is 389 g/mol. The lowest BCUT2D eigenvalue weighted by molar-refractivity contribution is -0.120. The predicted octanol–water partition coefficient (Wildman–Crippen LogP) is 2.34. The van der Waals surface area contributed by atoms with Gasteiger partial charge in [-0.1, -0.05) is 40.2 Å². The highest BCUT2D eigenvalue weighted by Gasteiger charge is 2.12. The fraction of sp³-hybridized carbons (Fsp3) is 0.118. The highest BCUT2D eigenvalue weighted by Crippen LogP contribution is 2.16. The van der Waals surface area contributed by atoms with Crippen molar-refractivity contribution in [2.24, 2.45) is 5.10 Å². The lowest BCUT2D eigenvalue weighted by Crippen LogP contribution is -2.35. The Hall–Kier alpha value is -2.67. The first-order valence-electron chi connectivity index (χ1n) is 7.09. The number of halogens is 1. The average Bonchev–Trinajstić information content (AvgIpc) is 2.59. The number of benzene rings is 2. The first-order chi connectivity index (χ1) is 11.6. The summed E-state index contributed by atoms with van der Waals surface area (Å²) in [6.07, 6.45) is 1.52. The number of hydrogen-bond acceptors (Lipinski definition) is 4. The van der Waals surface area contributed by atoms with Crippen molar-refractivity contribution in [1.29, 1.82) is 0 Å². The molecule has 0 radical (unpaired) electrons. The van der Waals surface area contributed by atoms with Crippen LogP contribution in [0.1, 0.15) is 15.9 Å². The van der Waals surface area contributed by atoms with Crippen LogP contribution in [0.25, 0.3) is 0 Å². The van der Waals surface area contributed by atoms with Crippen molar-refractivity contribution in [2.45, 2.75) is 0 Å². The summed E-state index contributed by atoms with van der Waals surface area (Å²) in [4.78, 5) is 23.8. The number of methoxy groups -OCH3 is 1. The molecule has 2 aromatic carbocycles. The van der Waals surface area contributed by atoms with E-state index in [1.807, 2.05) is 24.3 Å². The van der Waals surface area contributed by atoms with Crippen molar-refractivity contribution in [2.75, 3.05) is 13.7 Å². The van der Waals surface area contributed by atoms with Crippen LogP contribution in [0, 0.1) is 0 Å². The fourth-order valence-electron chi connectivity index (χ4n) is 1.89. The van der Waals surface area contributed by atoms with Gasteiger partial charge in [0.1, 0.15) is 5.75 Å². The van der Waals surface area contributed by atoms with E-state index < -0.39 is 11.8 Å². The Labute approximate surface area is 148 Å². The molecule has 2 rings (SSSR count). The van der Waals surface area contributed by atoms with E-state index in [0.717, 1.165) is 10.0 Å². The highest BCUT2D eigenvalue weighted by atomic mass is 79.9. The van der Waals surface area contributed by atoms with Crippen LogP contribution in [0.4, 0.5) is 0 Å². The Morgan fingerprint density at radius 1 is 1.21 bits per heavy atom. The number of hydrogen-bond donors (Lipinski definition) is 2. The number of amides is 2. The van der Waals surface area contributed by atoms with Gasteiger partial charge in [-0.25, -0.2) is 5.43 Å². The van der Waals surface area contributed by atoms with Gasteiger partial charge in [-0.15, -0.1) is 0 Å². The number of carbonyl (C=O) groups is 2. The molecular formula is C17H16BrN3O3. The molecule has 124 valence electrons. The second kappa shape index (κ2) is 8.83. The van der Waals surface area contributed by atoms with Crippen LogP contribution in [0.15, 0.2) is 58.1 Å². The first kappa shape index (κ1) is 17.7. The van der Waals surface area contributed by atoms with E-state index >= 15 is 0 Å². The molecule has 0 saturated heterocycles. The van der Waals surface area contributed by atoms with Crippen LogP contribution in [0.3, 0.4) is 0 Å². The number of hydrazone groups is 1. The minimum Gasteiger partial charge on any atom is -0.496 e. The molecule has 0 aliphatic rings. The molecule has 0 aliphatic carbocycles. The van der Waals surface area contributed by atoms with Crippen molar-refractivity contribution in [1.82, 2.24) is 10.7 Å². The normalized spacial score (nSPS) is 10.4. The van der Waals surface area contributed by atoms with Gasteiger partial charge in [0.2, 0.25) is 0 Å². The molecule has 0 fully saturated rings. The van der Waals surface area contributed by atoms with Crippen LogP contribution in [0.5, 0.6) is 5.75 Å². The smallest absolute Gasteiger partial charge is 0.259 e. The number of carbonyl (C=O) groups excluding carboxylic acids is 2. The Morgan fingerprint density at radius 2 is 2.00 bits per heavy atom. The van der Waals surface area contributed by atoms with Crippen molar-refractivity contribution < 1.29 is 14.3 Å². The zero-order chi connectivity index (χ0) is 17.4. The number of ether oxygens (including phenoxy) is 1. The van der Waals surface area contributed by atoms with Crippen molar-refractivity contribution >= 4 is 34.0 Å². The summed E-state index contributed by atoms with van der Waals surface area (Å²) in [5.41, 5.74) is 3.56. The minimum absolute atomic E-state index is 0.188. The molecule has 0 aliphatic heterocycles. The molecule has 7 heteroatoms. The van der Waals surface area contributed by atoms with E-state index in [-0.39, 0.29) is 6.54 Å². The fourth-order valence-corrected chi connectivity index (χ4v) is 2.31. The van der Waals surface area contributed by atoms with Gasteiger partial charge in [0.15, 0.2) is 0 Å². The van der Waals surface area contributed by atoms with Crippen molar-refractivity contribution in [3.8, 4) is 5.75 Å². The molecule has 0 spiro atoms. The second-order valence-corrected chi connectivity index (χ2v) is 5.65. The second-order valence-electron chi connectivity index (χ2n) is 4.73. The topological polar surface area (TPSA) is 79.8 Å². The largest absolute Gasteiger partial charge is 0.496 e. The maximum absolute atomic E-state index is 12.0. The number of rotatable bonds is 6. The van der Waals surface area contributed by atoms with Crippen molar-refractivity contribution in [3.63, 3.8) is 0 Å². The van der Waals surface area contributed by atoms with Gasteiger partial charge in [0.05, 0.1) is 25.4 Å². The van der Waals surface area contributed by atoms with Crippen LogP contribution < -0.4 is 15.5 Å². The molecule has 0 atom stereocenters. The van der Waals surface area contributed by atoms with Gasteiger partial charge < -0.3 is 10.1 Å². The maximum atomic E-state index is 12.0. The summed E-state index contributed by atoms with van der Waals surface area (Å²) >= 11 is 3.35. The van der Waals surface area contributed by atoms with E-state index in [4.69, 9.17) is 4.74 Å². The van der Waals surface area contributed by atoms with Gasteiger partial charge in [-0.2, -0.15) is 5.10 Å². The zero-order valence-electron chi connectivity index (χ0n) is 13.0. The molecule has 2 aromatic rings. The third-order valence-corrected chi connectivity index (χ3v) is 3.51. The molecule has 2 amide bonds. The third-order valence-electron chi connectivity index (χ3n) is 3.01. The van der Waals surface area contributed by atoms with E-state index in [1.165, 1.54) is 13.3 Å². The lowest BCUT2D eigenvalue weighted by Gasteiger charge is -2.08.